The fourth-order valence-electron chi connectivity index (χ4n) is 3.91. The van der Waals surface area contributed by atoms with Crippen molar-refractivity contribution < 1.29 is 18.3 Å². The summed E-state index contributed by atoms with van der Waals surface area (Å²) in [6.45, 7) is 2.76. The maximum Gasteiger partial charge on any atom is 0.253 e. The summed E-state index contributed by atoms with van der Waals surface area (Å²) in [5, 5.41) is 0. The van der Waals surface area contributed by atoms with Gasteiger partial charge in [0.2, 0.25) is 0 Å². The summed E-state index contributed by atoms with van der Waals surface area (Å²) in [7, 11) is 0. The monoisotopic (exact) mass is 372 g/mol. The van der Waals surface area contributed by atoms with Crippen LogP contribution in [0.15, 0.2) is 48.5 Å². The number of rotatable bonds is 3. The number of anilines is 1. The SMILES string of the molecule is O=C1COC2(CCN(Cc3cccc(F)c3)CC2)CN1c1cccc(F)c1. The Hall–Kier alpha value is -2.31. The zero-order valence-electron chi connectivity index (χ0n) is 15.0. The number of likely N-dealkylation sites (tertiary alicyclic amines) is 1. The summed E-state index contributed by atoms with van der Waals surface area (Å²) in [6, 6.07) is 12.8. The molecular formula is C21H22F2N2O2. The highest BCUT2D eigenvalue weighted by atomic mass is 19.1. The number of carbonyl (C=O) groups is 1. The van der Waals surface area contributed by atoms with Crippen LogP contribution in [0.3, 0.4) is 0 Å². The predicted molar refractivity (Wildman–Crippen MR) is 98.3 cm³/mol. The molecule has 2 saturated heterocycles. The molecule has 0 atom stereocenters. The third-order valence-electron chi connectivity index (χ3n) is 5.43. The molecule has 2 aromatic rings. The van der Waals surface area contributed by atoms with Crippen LogP contribution in [-0.2, 0) is 16.1 Å². The van der Waals surface area contributed by atoms with E-state index in [0.717, 1.165) is 31.5 Å². The highest BCUT2D eigenvalue weighted by Gasteiger charge is 2.42. The van der Waals surface area contributed by atoms with Gasteiger partial charge in [0.15, 0.2) is 0 Å². The Morgan fingerprint density at radius 1 is 1.00 bits per heavy atom. The quantitative estimate of drug-likeness (QED) is 0.828. The van der Waals surface area contributed by atoms with Crippen LogP contribution in [0.25, 0.3) is 0 Å². The van der Waals surface area contributed by atoms with Gasteiger partial charge in [0.25, 0.3) is 5.91 Å². The van der Waals surface area contributed by atoms with Gasteiger partial charge in [-0.25, -0.2) is 8.78 Å². The van der Waals surface area contributed by atoms with Crippen molar-refractivity contribution in [1.29, 1.82) is 0 Å². The molecule has 1 spiro atoms. The first-order valence-electron chi connectivity index (χ1n) is 9.20. The van der Waals surface area contributed by atoms with E-state index in [1.165, 1.54) is 18.2 Å². The van der Waals surface area contributed by atoms with E-state index in [9.17, 15) is 13.6 Å². The van der Waals surface area contributed by atoms with Gasteiger partial charge in [0, 0.05) is 25.3 Å². The van der Waals surface area contributed by atoms with Crippen LogP contribution < -0.4 is 4.90 Å². The van der Waals surface area contributed by atoms with Crippen molar-refractivity contribution in [3.63, 3.8) is 0 Å². The van der Waals surface area contributed by atoms with Crippen molar-refractivity contribution in [3.05, 3.63) is 65.7 Å². The number of amides is 1. The lowest BCUT2D eigenvalue weighted by Gasteiger charge is -2.47. The van der Waals surface area contributed by atoms with Gasteiger partial charge in [-0.3, -0.25) is 9.69 Å². The molecule has 0 N–H and O–H groups in total. The third kappa shape index (κ3) is 4.01. The van der Waals surface area contributed by atoms with Gasteiger partial charge in [-0.1, -0.05) is 18.2 Å². The van der Waals surface area contributed by atoms with Crippen molar-refractivity contribution in [2.45, 2.75) is 25.0 Å². The zero-order valence-corrected chi connectivity index (χ0v) is 15.0. The van der Waals surface area contributed by atoms with Crippen molar-refractivity contribution in [2.75, 3.05) is 31.1 Å². The molecule has 4 nitrogen and oxygen atoms in total. The average molecular weight is 372 g/mol. The van der Waals surface area contributed by atoms with Crippen LogP contribution in [0.5, 0.6) is 0 Å². The first-order chi connectivity index (χ1) is 13.0. The fourth-order valence-corrected chi connectivity index (χ4v) is 3.91. The molecule has 0 aliphatic carbocycles. The molecule has 0 bridgehead atoms. The van der Waals surface area contributed by atoms with Crippen LogP contribution >= 0.6 is 0 Å². The second-order valence-corrected chi connectivity index (χ2v) is 7.34. The number of ether oxygens (including phenoxy) is 1. The van der Waals surface area contributed by atoms with E-state index >= 15 is 0 Å². The molecule has 142 valence electrons. The molecular weight excluding hydrogens is 350 g/mol. The predicted octanol–water partition coefficient (Wildman–Crippen LogP) is 3.36. The van der Waals surface area contributed by atoms with Crippen molar-refractivity contribution in [2.24, 2.45) is 0 Å². The molecule has 2 aliphatic heterocycles. The van der Waals surface area contributed by atoms with Gasteiger partial charge in [0.05, 0.1) is 12.1 Å². The minimum atomic E-state index is -0.404. The Labute approximate surface area is 157 Å². The van der Waals surface area contributed by atoms with E-state index < -0.39 is 5.60 Å². The molecule has 4 rings (SSSR count). The zero-order chi connectivity index (χ0) is 18.9. The van der Waals surface area contributed by atoms with Gasteiger partial charge < -0.3 is 9.64 Å². The molecule has 2 heterocycles. The summed E-state index contributed by atoms with van der Waals surface area (Å²) in [5.74, 6) is -0.722. The van der Waals surface area contributed by atoms with Gasteiger partial charge in [0.1, 0.15) is 18.2 Å². The Morgan fingerprint density at radius 3 is 2.41 bits per heavy atom. The molecule has 0 radical (unpaired) electrons. The molecule has 2 fully saturated rings. The van der Waals surface area contributed by atoms with Crippen LogP contribution in [0.2, 0.25) is 0 Å². The number of morpholine rings is 1. The van der Waals surface area contributed by atoms with Crippen molar-refractivity contribution in [1.82, 2.24) is 4.90 Å². The Balaban J connectivity index is 1.42. The van der Waals surface area contributed by atoms with Crippen LogP contribution in [-0.4, -0.2) is 42.6 Å². The number of piperidine rings is 1. The minimum Gasteiger partial charge on any atom is -0.363 e. The summed E-state index contributed by atoms with van der Waals surface area (Å²) < 4.78 is 32.9. The number of halogens is 2. The smallest absolute Gasteiger partial charge is 0.253 e. The second kappa shape index (κ2) is 7.37. The molecule has 2 aromatic carbocycles. The lowest BCUT2D eigenvalue weighted by Crippen LogP contribution is -2.58. The van der Waals surface area contributed by atoms with Gasteiger partial charge >= 0.3 is 0 Å². The summed E-state index contributed by atoms with van der Waals surface area (Å²) >= 11 is 0. The van der Waals surface area contributed by atoms with E-state index in [0.29, 0.717) is 18.8 Å². The topological polar surface area (TPSA) is 32.8 Å². The summed E-state index contributed by atoms with van der Waals surface area (Å²) in [6.07, 6.45) is 1.56. The van der Waals surface area contributed by atoms with E-state index in [4.69, 9.17) is 4.74 Å². The van der Waals surface area contributed by atoms with Crippen LogP contribution in [0.4, 0.5) is 14.5 Å². The molecule has 1 amide bonds. The minimum absolute atomic E-state index is 0.0143. The summed E-state index contributed by atoms with van der Waals surface area (Å²) in [4.78, 5) is 16.2. The van der Waals surface area contributed by atoms with Gasteiger partial charge in [-0.2, -0.15) is 0 Å². The third-order valence-corrected chi connectivity index (χ3v) is 5.43. The fraction of sp³-hybridized carbons (Fsp3) is 0.381. The molecule has 27 heavy (non-hydrogen) atoms. The molecule has 6 heteroatoms. The summed E-state index contributed by atoms with van der Waals surface area (Å²) in [5.41, 5.74) is 1.12. The Bertz CT molecular complexity index is 834. The molecule has 0 saturated carbocycles. The first kappa shape index (κ1) is 18.1. The Kier molecular flexibility index (Phi) is 4.93. The van der Waals surface area contributed by atoms with Crippen LogP contribution in [0.1, 0.15) is 18.4 Å². The van der Waals surface area contributed by atoms with E-state index in [1.807, 2.05) is 6.07 Å². The number of hydrogen-bond donors (Lipinski definition) is 0. The van der Waals surface area contributed by atoms with Crippen molar-refractivity contribution >= 4 is 11.6 Å². The standard InChI is InChI=1S/C21H22F2N2O2/c22-17-4-1-3-16(11-17)13-24-9-7-21(8-10-24)15-25(20(26)14-27-21)19-6-2-5-18(23)12-19/h1-6,11-12H,7-10,13-15H2. The maximum absolute atomic E-state index is 13.6. The van der Waals surface area contributed by atoms with E-state index in [-0.39, 0.29) is 24.1 Å². The first-order valence-corrected chi connectivity index (χ1v) is 9.20. The number of benzene rings is 2. The normalized spacial score (nSPS) is 20.2. The second-order valence-electron chi connectivity index (χ2n) is 7.34. The lowest BCUT2D eigenvalue weighted by molar-refractivity contribution is -0.144. The van der Waals surface area contributed by atoms with Gasteiger partial charge in [-0.15, -0.1) is 0 Å². The lowest BCUT2D eigenvalue weighted by atomic mass is 9.88. The average Bonchev–Trinajstić information content (AvgIpc) is 2.66. The van der Waals surface area contributed by atoms with E-state index in [2.05, 4.69) is 4.90 Å². The number of nitrogens with zero attached hydrogens (tertiary/aromatic N) is 2. The highest BCUT2D eigenvalue weighted by Crippen LogP contribution is 2.33. The molecule has 2 aliphatic rings. The Morgan fingerprint density at radius 2 is 1.70 bits per heavy atom. The highest BCUT2D eigenvalue weighted by molar-refractivity contribution is 5.95. The van der Waals surface area contributed by atoms with Crippen molar-refractivity contribution in [3.8, 4) is 0 Å². The number of hydrogen-bond acceptors (Lipinski definition) is 3. The molecule has 0 aromatic heterocycles. The number of carbonyl (C=O) groups excluding carboxylic acids is 1. The molecule has 0 unspecified atom stereocenters. The van der Waals surface area contributed by atoms with Crippen LogP contribution in [0, 0.1) is 11.6 Å². The maximum atomic E-state index is 13.6. The van der Waals surface area contributed by atoms with E-state index in [1.54, 1.807) is 29.2 Å². The van der Waals surface area contributed by atoms with Gasteiger partial charge in [-0.05, 0) is 48.7 Å². The largest absolute Gasteiger partial charge is 0.363 e.